The van der Waals surface area contributed by atoms with Gasteiger partial charge in [-0.25, -0.2) is 0 Å². The summed E-state index contributed by atoms with van der Waals surface area (Å²) in [6.07, 6.45) is 3.19. The van der Waals surface area contributed by atoms with E-state index in [-0.39, 0.29) is 12.1 Å². The lowest BCUT2D eigenvalue weighted by molar-refractivity contribution is 0.144. The molecule has 1 fully saturated rings. The summed E-state index contributed by atoms with van der Waals surface area (Å²) in [5, 5.41) is 12.8. The summed E-state index contributed by atoms with van der Waals surface area (Å²) in [6.45, 7) is 2.70. The number of anilines is 2. The summed E-state index contributed by atoms with van der Waals surface area (Å²) < 4.78 is 5.45. The van der Waals surface area contributed by atoms with Crippen molar-refractivity contribution in [1.29, 1.82) is 0 Å². The summed E-state index contributed by atoms with van der Waals surface area (Å²) in [5.74, 6) is 0.699. The predicted octanol–water partition coefficient (Wildman–Crippen LogP) is 1.99. The zero-order chi connectivity index (χ0) is 12.3. The van der Waals surface area contributed by atoms with Crippen LogP contribution in [0, 0.1) is 0 Å². The van der Waals surface area contributed by atoms with Crippen LogP contribution in [0.2, 0.25) is 0 Å². The average Bonchev–Trinajstić information content (AvgIpc) is 2.28. The second-order valence-electron chi connectivity index (χ2n) is 4.60. The van der Waals surface area contributed by atoms with Crippen molar-refractivity contribution in [3.63, 3.8) is 0 Å². The van der Waals surface area contributed by atoms with Crippen molar-refractivity contribution in [1.82, 2.24) is 0 Å². The number of aliphatic hydroxyl groups is 1. The molecule has 1 aromatic carbocycles. The van der Waals surface area contributed by atoms with Crippen LogP contribution in [0.15, 0.2) is 18.2 Å². The molecular formula is C13H20N2O2. The Morgan fingerprint density at radius 2 is 2.24 bits per heavy atom. The maximum absolute atomic E-state index is 9.41. The second kappa shape index (κ2) is 4.84. The van der Waals surface area contributed by atoms with E-state index in [1.165, 1.54) is 6.42 Å². The molecule has 94 valence electrons. The third-order valence-electron chi connectivity index (χ3n) is 3.34. The normalized spacial score (nSPS) is 17.3. The fourth-order valence-corrected chi connectivity index (χ4v) is 2.13. The fraction of sp³-hybridized carbons (Fsp3) is 0.538. The van der Waals surface area contributed by atoms with E-state index in [1.54, 1.807) is 0 Å². The van der Waals surface area contributed by atoms with Gasteiger partial charge in [0.05, 0.1) is 24.4 Å². The van der Waals surface area contributed by atoms with E-state index in [4.69, 9.17) is 10.5 Å². The number of nitrogens with one attached hydrogen (secondary N) is 1. The minimum absolute atomic E-state index is 0.139. The maximum atomic E-state index is 9.41. The Morgan fingerprint density at radius 3 is 2.76 bits per heavy atom. The molecule has 0 unspecified atom stereocenters. The van der Waals surface area contributed by atoms with Gasteiger partial charge in [-0.1, -0.05) is 0 Å². The molecule has 4 N–H and O–H groups in total. The zero-order valence-electron chi connectivity index (χ0n) is 10.2. The van der Waals surface area contributed by atoms with Crippen molar-refractivity contribution < 1.29 is 9.84 Å². The van der Waals surface area contributed by atoms with E-state index >= 15 is 0 Å². The largest absolute Gasteiger partial charge is 0.492 e. The quantitative estimate of drug-likeness (QED) is 0.684. The Hall–Kier alpha value is -1.42. The molecule has 4 nitrogen and oxygen atoms in total. The molecular weight excluding hydrogens is 216 g/mol. The van der Waals surface area contributed by atoms with Crippen LogP contribution in [-0.4, -0.2) is 23.9 Å². The number of aliphatic hydroxyl groups excluding tert-OH is 1. The first kappa shape index (κ1) is 12.0. The second-order valence-corrected chi connectivity index (χ2v) is 4.60. The molecule has 0 aliphatic heterocycles. The van der Waals surface area contributed by atoms with Gasteiger partial charge in [0.15, 0.2) is 0 Å². The molecule has 0 radical (unpaired) electrons. The number of rotatable bonds is 5. The first-order valence-corrected chi connectivity index (χ1v) is 6.10. The Bertz CT molecular complexity index is 383. The van der Waals surface area contributed by atoms with Crippen molar-refractivity contribution in [2.45, 2.75) is 31.7 Å². The third kappa shape index (κ3) is 2.47. The summed E-state index contributed by atoms with van der Waals surface area (Å²) in [7, 11) is 0. The summed E-state index contributed by atoms with van der Waals surface area (Å²) >= 11 is 0. The molecule has 0 aromatic heterocycles. The molecule has 0 heterocycles. The van der Waals surface area contributed by atoms with Crippen LogP contribution >= 0.6 is 0 Å². The van der Waals surface area contributed by atoms with E-state index in [1.807, 2.05) is 25.1 Å². The number of benzene rings is 1. The molecule has 0 bridgehead atoms. The Labute approximate surface area is 102 Å². The lowest BCUT2D eigenvalue weighted by Gasteiger charge is -2.42. The Kier molecular flexibility index (Phi) is 3.43. The maximum Gasteiger partial charge on any atom is 0.144 e. The number of hydrogen-bond donors (Lipinski definition) is 3. The molecule has 0 atom stereocenters. The van der Waals surface area contributed by atoms with Crippen LogP contribution in [0.1, 0.15) is 26.2 Å². The fourth-order valence-electron chi connectivity index (χ4n) is 2.13. The SMILES string of the molecule is CCOc1cc(NC2(CO)CCC2)ccc1N. The smallest absolute Gasteiger partial charge is 0.144 e. The van der Waals surface area contributed by atoms with Gasteiger partial charge in [-0.2, -0.15) is 0 Å². The van der Waals surface area contributed by atoms with Crippen molar-refractivity contribution in [3.8, 4) is 5.75 Å². The van der Waals surface area contributed by atoms with Gasteiger partial charge in [0.25, 0.3) is 0 Å². The monoisotopic (exact) mass is 236 g/mol. The third-order valence-corrected chi connectivity index (χ3v) is 3.34. The van der Waals surface area contributed by atoms with Crippen molar-refractivity contribution >= 4 is 11.4 Å². The number of nitrogen functional groups attached to an aromatic ring is 1. The lowest BCUT2D eigenvalue weighted by Crippen LogP contribution is -2.48. The Balaban J connectivity index is 2.13. The molecule has 1 saturated carbocycles. The number of nitrogens with two attached hydrogens (primary N) is 1. The molecule has 17 heavy (non-hydrogen) atoms. The molecule has 0 amide bonds. The lowest BCUT2D eigenvalue weighted by atomic mass is 9.77. The summed E-state index contributed by atoms with van der Waals surface area (Å²) in [6, 6.07) is 5.65. The van der Waals surface area contributed by atoms with Crippen LogP contribution in [-0.2, 0) is 0 Å². The minimum Gasteiger partial charge on any atom is -0.492 e. The molecule has 1 aliphatic rings. The minimum atomic E-state index is -0.139. The van der Waals surface area contributed by atoms with E-state index in [2.05, 4.69) is 5.32 Å². The molecule has 4 heteroatoms. The van der Waals surface area contributed by atoms with Crippen LogP contribution < -0.4 is 15.8 Å². The van der Waals surface area contributed by atoms with Crippen molar-refractivity contribution in [2.24, 2.45) is 0 Å². The highest BCUT2D eigenvalue weighted by Gasteiger charge is 2.36. The van der Waals surface area contributed by atoms with Gasteiger partial charge in [-0.05, 0) is 38.3 Å². The van der Waals surface area contributed by atoms with E-state index in [0.717, 1.165) is 18.5 Å². The first-order valence-electron chi connectivity index (χ1n) is 6.10. The number of ether oxygens (including phenoxy) is 1. The summed E-state index contributed by atoms with van der Waals surface area (Å²) in [4.78, 5) is 0. The van der Waals surface area contributed by atoms with Crippen molar-refractivity contribution in [2.75, 3.05) is 24.3 Å². The van der Waals surface area contributed by atoms with Gasteiger partial charge >= 0.3 is 0 Å². The molecule has 2 rings (SSSR count). The highest BCUT2D eigenvalue weighted by atomic mass is 16.5. The van der Waals surface area contributed by atoms with E-state index in [9.17, 15) is 5.11 Å². The van der Waals surface area contributed by atoms with Gasteiger partial charge in [-0.15, -0.1) is 0 Å². The predicted molar refractivity (Wildman–Crippen MR) is 69.3 cm³/mol. The van der Waals surface area contributed by atoms with Crippen molar-refractivity contribution in [3.05, 3.63) is 18.2 Å². The van der Waals surface area contributed by atoms with Gasteiger partial charge in [0.2, 0.25) is 0 Å². The molecule has 1 aromatic rings. The van der Waals surface area contributed by atoms with Crippen LogP contribution in [0.4, 0.5) is 11.4 Å². The van der Waals surface area contributed by atoms with E-state index < -0.39 is 0 Å². The molecule has 1 aliphatic carbocycles. The summed E-state index contributed by atoms with van der Waals surface area (Å²) in [5.41, 5.74) is 7.27. The van der Waals surface area contributed by atoms with Crippen LogP contribution in [0.5, 0.6) is 5.75 Å². The molecule has 0 spiro atoms. The van der Waals surface area contributed by atoms with Gasteiger partial charge in [-0.3, -0.25) is 0 Å². The van der Waals surface area contributed by atoms with Crippen LogP contribution in [0.25, 0.3) is 0 Å². The standard InChI is InChI=1S/C13H20N2O2/c1-2-17-12-8-10(4-5-11(12)14)15-13(9-16)6-3-7-13/h4-5,8,15-16H,2-3,6-7,9,14H2,1H3. The molecule has 0 saturated heterocycles. The van der Waals surface area contributed by atoms with Crippen LogP contribution in [0.3, 0.4) is 0 Å². The average molecular weight is 236 g/mol. The topological polar surface area (TPSA) is 67.5 Å². The van der Waals surface area contributed by atoms with Gasteiger partial charge in [0.1, 0.15) is 5.75 Å². The van der Waals surface area contributed by atoms with Gasteiger partial charge < -0.3 is 20.9 Å². The van der Waals surface area contributed by atoms with E-state index in [0.29, 0.717) is 18.0 Å². The zero-order valence-corrected chi connectivity index (χ0v) is 10.2. The Morgan fingerprint density at radius 1 is 1.47 bits per heavy atom. The number of hydrogen-bond acceptors (Lipinski definition) is 4. The highest BCUT2D eigenvalue weighted by Crippen LogP contribution is 2.36. The van der Waals surface area contributed by atoms with Gasteiger partial charge in [0, 0.05) is 11.8 Å². The highest BCUT2D eigenvalue weighted by molar-refractivity contribution is 5.62. The first-order chi connectivity index (χ1) is 8.19.